The third kappa shape index (κ3) is 6.28. The minimum absolute atomic E-state index is 0.173. The van der Waals surface area contributed by atoms with E-state index in [2.05, 4.69) is 25.9 Å². The summed E-state index contributed by atoms with van der Waals surface area (Å²) < 4.78 is 58.5. The molecule has 0 saturated carbocycles. The number of benzene rings is 1. The standard InChI is InChI=1S/C22H28F4N8O/c1-21(2)14-34(31-17-5-3-4-16(12-17)22(24,25)26)7-6-33(21)15-28-30-20-27-13-18(23)19(29-20)32-8-10-35-11-9-32/h3-5,12-13,15,31H,6-11,14H2,1-2H3,(H,27,29,30)/b28-15+. The largest absolute Gasteiger partial charge is 0.416 e. The molecule has 35 heavy (non-hydrogen) atoms. The van der Waals surface area contributed by atoms with Crippen LogP contribution in [0.25, 0.3) is 0 Å². The summed E-state index contributed by atoms with van der Waals surface area (Å²) in [5.74, 6) is -0.130. The predicted octanol–water partition coefficient (Wildman–Crippen LogP) is 3.25. The van der Waals surface area contributed by atoms with E-state index < -0.39 is 17.6 Å². The van der Waals surface area contributed by atoms with Crippen molar-refractivity contribution in [3.8, 4) is 0 Å². The van der Waals surface area contributed by atoms with E-state index in [0.717, 1.165) is 18.3 Å². The predicted molar refractivity (Wildman–Crippen MR) is 125 cm³/mol. The van der Waals surface area contributed by atoms with Gasteiger partial charge in [0.05, 0.1) is 30.5 Å². The molecule has 4 rings (SSSR count). The summed E-state index contributed by atoms with van der Waals surface area (Å²) in [6, 6.07) is 5.13. The summed E-state index contributed by atoms with van der Waals surface area (Å²) in [4.78, 5) is 12.0. The summed E-state index contributed by atoms with van der Waals surface area (Å²) >= 11 is 0. The molecule has 2 aliphatic heterocycles. The van der Waals surface area contributed by atoms with E-state index >= 15 is 0 Å². The summed E-state index contributed by atoms with van der Waals surface area (Å²) in [6.45, 7) is 7.78. The summed E-state index contributed by atoms with van der Waals surface area (Å²) in [5, 5.41) is 6.10. The van der Waals surface area contributed by atoms with Crippen molar-refractivity contribution in [2.24, 2.45) is 5.10 Å². The van der Waals surface area contributed by atoms with Crippen LogP contribution < -0.4 is 15.8 Å². The summed E-state index contributed by atoms with van der Waals surface area (Å²) in [6.07, 6.45) is -1.66. The number of anilines is 3. The van der Waals surface area contributed by atoms with Gasteiger partial charge >= 0.3 is 6.18 Å². The molecule has 0 amide bonds. The average molecular weight is 497 g/mol. The van der Waals surface area contributed by atoms with Crippen molar-refractivity contribution in [2.45, 2.75) is 25.6 Å². The van der Waals surface area contributed by atoms with Crippen molar-refractivity contribution < 1.29 is 22.3 Å². The van der Waals surface area contributed by atoms with Crippen LogP contribution in [0.4, 0.5) is 35.0 Å². The third-order valence-electron chi connectivity index (χ3n) is 5.84. The van der Waals surface area contributed by atoms with Crippen molar-refractivity contribution in [1.82, 2.24) is 19.9 Å². The zero-order valence-electron chi connectivity index (χ0n) is 19.5. The maximum atomic E-state index is 14.2. The lowest BCUT2D eigenvalue weighted by atomic mass is 10.0. The lowest BCUT2D eigenvalue weighted by molar-refractivity contribution is -0.137. The Morgan fingerprint density at radius 1 is 1.14 bits per heavy atom. The Morgan fingerprint density at radius 3 is 2.63 bits per heavy atom. The molecule has 1 aromatic carbocycles. The zero-order chi connectivity index (χ0) is 25.1. The van der Waals surface area contributed by atoms with E-state index in [1.165, 1.54) is 6.07 Å². The number of rotatable bonds is 6. The Labute approximate surface area is 200 Å². The van der Waals surface area contributed by atoms with Crippen LogP contribution in [0.2, 0.25) is 0 Å². The number of hydrogen-bond acceptors (Lipinski definition) is 8. The molecule has 190 valence electrons. The highest BCUT2D eigenvalue weighted by Crippen LogP contribution is 2.31. The van der Waals surface area contributed by atoms with Crippen molar-refractivity contribution in [2.75, 3.05) is 61.7 Å². The molecule has 2 aliphatic rings. The van der Waals surface area contributed by atoms with Crippen LogP contribution in [0.15, 0.2) is 35.6 Å². The van der Waals surface area contributed by atoms with E-state index in [1.54, 1.807) is 17.3 Å². The van der Waals surface area contributed by atoms with E-state index in [9.17, 15) is 17.6 Å². The Kier molecular flexibility index (Phi) is 7.26. The second-order valence-electron chi connectivity index (χ2n) is 8.94. The molecule has 0 aliphatic carbocycles. The first-order valence-corrected chi connectivity index (χ1v) is 11.2. The highest BCUT2D eigenvalue weighted by molar-refractivity contribution is 5.58. The topological polar surface area (TPSA) is 81.2 Å². The number of halogens is 4. The molecule has 1 aromatic heterocycles. The molecule has 3 heterocycles. The number of piperazine rings is 1. The number of nitrogens with zero attached hydrogens (tertiary/aromatic N) is 6. The van der Waals surface area contributed by atoms with Gasteiger partial charge < -0.3 is 20.0 Å². The second-order valence-corrected chi connectivity index (χ2v) is 8.94. The van der Waals surface area contributed by atoms with E-state index in [4.69, 9.17) is 4.74 Å². The molecule has 0 unspecified atom stereocenters. The average Bonchev–Trinajstić information content (AvgIpc) is 2.81. The first-order valence-electron chi connectivity index (χ1n) is 11.2. The minimum atomic E-state index is -4.39. The number of nitrogens with one attached hydrogen (secondary N) is 2. The first kappa shape index (κ1) is 24.9. The number of hydrogen-bond donors (Lipinski definition) is 2. The lowest BCUT2D eigenvalue weighted by Gasteiger charge is -2.46. The van der Waals surface area contributed by atoms with Crippen molar-refractivity contribution in [3.63, 3.8) is 0 Å². The Hall–Kier alpha value is -3.19. The molecular weight excluding hydrogens is 468 g/mol. The maximum Gasteiger partial charge on any atom is 0.416 e. The molecule has 2 fully saturated rings. The monoisotopic (exact) mass is 496 g/mol. The highest BCUT2D eigenvalue weighted by Gasteiger charge is 2.33. The van der Waals surface area contributed by atoms with Gasteiger partial charge in [-0.3, -0.25) is 0 Å². The second kappa shape index (κ2) is 10.2. The Morgan fingerprint density at radius 2 is 1.91 bits per heavy atom. The normalized spacial score (nSPS) is 19.3. The number of ether oxygens (including phenoxy) is 1. The van der Waals surface area contributed by atoms with Crippen LogP contribution in [0.5, 0.6) is 0 Å². The van der Waals surface area contributed by atoms with Crippen LogP contribution >= 0.6 is 0 Å². The maximum absolute atomic E-state index is 14.2. The first-order chi connectivity index (χ1) is 16.6. The Balaban J connectivity index is 1.35. The molecule has 9 nitrogen and oxygen atoms in total. The fourth-order valence-corrected chi connectivity index (χ4v) is 3.99. The minimum Gasteiger partial charge on any atom is -0.378 e. The molecule has 2 aromatic rings. The SMILES string of the molecule is CC1(C)CN(Nc2cccc(C(F)(F)F)c2)CCN1/C=N/Nc1ncc(F)c(N2CCOCC2)n1. The van der Waals surface area contributed by atoms with Gasteiger partial charge in [-0.25, -0.2) is 19.8 Å². The third-order valence-corrected chi connectivity index (χ3v) is 5.84. The van der Waals surface area contributed by atoms with Crippen molar-refractivity contribution in [3.05, 3.63) is 41.8 Å². The smallest absolute Gasteiger partial charge is 0.378 e. The Bertz CT molecular complexity index is 1040. The molecule has 2 saturated heterocycles. The summed E-state index contributed by atoms with van der Waals surface area (Å²) in [7, 11) is 0. The molecule has 0 spiro atoms. The lowest BCUT2D eigenvalue weighted by Crippen LogP contribution is -2.59. The number of alkyl halides is 3. The van der Waals surface area contributed by atoms with E-state index in [-0.39, 0.29) is 17.3 Å². The van der Waals surface area contributed by atoms with E-state index in [0.29, 0.717) is 51.6 Å². The number of hydrazone groups is 1. The number of morpholine rings is 1. The molecule has 0 radical (unpaired) electrons. The molecular formula is C22H28F4N8O. The number of hydrazine groups is 1. The van der Waals surface area contributed by atoms with Crippen LogP contribution in [-0.2, 0) is 10.9 Å². The fraction of sp³-hybridized carbons (Fsp3) is 0.500. The molecule has 0 atom stereocenters. The van der Waals surface area contributed by atoms with Gasteiger partial charge in [0, 0.05) is 38.4 Å². The van der Waals surface area contributed by atoms with Crippen LogP contribution in [0, 0.1) is 5.82 Å². The van der Waals surface area contributed by atoms with Gasteiger partial charge in [-0.2, -0.15) is 23.3 Å². The van der Waals surface area contributed by atoms with E-state index in [1.807, 2.05) is 23.8 Å². The van der Waals surface area contributed by atoms with Gasteiger partial charge in [0.25, 0.3) is 0 Å². The van der Waals surface area contributed by atoms with Gasteiger partial charge in [0.2, 0.25) is 5.95 Å². The van der Waals surface area contributed by atoms with Gasteiger partial charge in [-0.1, -0.05) is 6.07 Å². The number of aromatic nitrogens is 2. The van der Waals surface area contributed by atoms with Crippen molar-refractivity contribution in [1.29, 1.82) is 0 Å². The summed E-state index contributed by atoms with van der Waals surface area (Å²) in [5.41, 5.74) is 5.13. The van der Waals surface area contributed by atoms with Gasteiger partial charge in [-0.15, -0.1) is 0 Å². The highest BCUT2D eigenvalue weighted by atomic mass is 19.4. The molecule has 13 heteroatoms. The van der Waals surface area contributed by atoms with Crippen LogP contribution in [-0.4, -0.2) is 77.7 Å². The van der Waals surface area contributed by atoms with Gasteiger partial charge in [-0.05, 0) is 32.0 Å². The van der Waals surface area contributed by atoms with Crippen LogP contribution in [0.1, 0.15) is 19.4 Å². The fourth-order valence-electron chi connectivity index (χ4n) is 3.99. The van der Waals surface area contributed by atoms with Gasteiger partial charge in [0.15, 0.2) is 11.6 Å². The quantitative estimate of drug-likeness (QED) is 0.273. The molecule has 2 N–H and O–H groups in total. The molecule has 0 bridgehead atoms. The van der Waals surface area contributed by atoms with Crippen LogP contribution in [0.3, 0.4) is 0 Å². The van der Waals surface area contributed by atoms with Gasteiger partial charge in [0.1, 0.15) is 6.34 Å². The van der Waals surface area contributed by atoms with Crippen molar-refractivity contribution >= 4 is 23.8 Å². The zero-order valence-corrected chi connectivity index (χ0v) is 19.5.